The second-order valence-corrected chi connectivity index (χ2v) is 6.88. The summed E-state index contributed by atoms with van der Waals surface area (Å²) in [5.74, 6) is 0.178. The SMILES string of the molecule is NC(=O)C[C@@]1(COc2ccc(F)cc2)CN(C(=O)CC2CC2)CCO1. The summed E-state index contributed by atoms with van der Waals surface area (Å²) in [6.07, 6.45) is 2.72. The van der Waals surface area contributed by atoms with Crippen LogP contribution in [0.2, 0.25) is 0 Å². The predicted octanol–water partition coefficient (Wildman–Crippen LogP) is 1.48. The van der Waals surface area contributed by atoms with Gasteiger partial charge in [-0.25, -0.2) is 4.39 Å². The fourth-order valence-corrected chi connectivity index (χ4v) is 3.06. The largest absolute Gasteiger partial charge is 0.490 e. The highest BCUT2D eigenvalue weighted by atomic mass is 19.1. The number of rotatable bonds is 7. The van der Waals surface area contributed by atoms with E-state index in [1.54, 1.807) is 4.90 Å². The Kier molecular flexibility index (Phi) is 5.22. The number of primary amides is 1. The smallest absolute Gasteiger partial charge is 0.223 e. The molecule has 2 amide bonds. The Balaban J connectivity index is 1.66. The van der Waals surface area contributed by atoms with Gasteiger partial charge in [0, 0.05) is 13.0 Å². The highest BCUT2D eigenvalue weighted by Gasteiger charge is 2.41. The summed E-state index contributed by atoms with van der Waals surface area (Å²) in [5, 5.41) is 0. The molecule has 1 aliphatic carbocycles. The second kappa shape index (κ2) is 7.39. The molecule has 0 bridgehead atoms. The molecule has 0 spiro atoms. The zero-order valence-electron chi connectivity index (χ0n) is 14.1. The van der Waals surface area contributed by atoms with Gasteiger partial charge in [-0.1, -0.05) is 0 Å². The molecule has 1 heterocycles. The van der Waals surface area contributed by atoms with Crippen LogP contribution in [0.4, 0.5) is 4.39 Å². The van der Waals surface area contributed by atoms with E-state index in [4.69, 9.17) is 15.2 Å². The Morgan fingerprint density at radius 3 is 2.68 bits per heavy atom. The van der Waals surface area contributed by atoms with Crippen molar-refractivity contribution in [1.29, 1.82) is 0 Å². The first-order valence-corrected chi connectivity index (χ1v) is 8.54. The van der Waals surface area contributed by atoms with Crippen LogP contribution in [0.3, 0.4) is 0 Å². The molecule has 0 aromatic heterocycles. The average Bonchev–Trinajstić information content (AvgIpc) is 3.38. The maximum Gasteiger partial charge on any atom is 0.223 e. The van der Waals surface area contributed by atoms with E-state index in [1.165, 1.54) is 24.3 Å². The van der Waals surface area contributed by atoms with Crippen molar-refractivity contribution in [3.05, 3.63) is 30.1 Å². The van der Waals surface area contributed by atoms with Gasteiger partial charge in [-0.3, -0.25) is 9.59 Å². The summed E-state index contributed by atoms with van der Waals surface area (Å²) in [6, 6.07) is 5.60. The van der Waals surface area contributed by atoms with Crippen LogP contribution in [0.1, 0.15) is 25.7 Å². The molecule has 1 atom stereocenters. The van der Waals surface area contributed by atoms with E-state index in [9.17, 15) is 14.0 Å². The van der Waals surface area contributed by atoms with Gasteiger partial charge in [0.1, 0.15) is 23.8 Å². The van der Waals surface area contributed by atoms with Crippen molar-refractivity contribution in [2.75, 3.05) is 26.3 Å². The number of morpholine rings is 1. The molecule has 2 fully saturated rings. The van der Waals surface area contributed by atoms with Gasteiger partial charge in [-0.2, -0.15) is 0 Å². The van der Waals surface area contributed by atoms with E-state index >= 15 is 0 Å². The van der Waals surface area contributed by atoms with Crippen molar-refractivity contribution >= 4 is 11.8 Å². The molecular weight excluding hydrogens is 327 g/mol. The van der Waals surface area contributed by atoms with Crippen LogP contribution in [-0.2, 0) is 14.3 Å². The van der Waals surface area contributed by atoms with Crippen LogP contribution >= 0.6 is 0 Å². The molecule has 0 unspecified atom stereocenters. The first-order chi connectivity index (χ1) is 12.0. The number of benzene rings is 1. The zero-order valence-corrected chi connectivity index (χ0v) is 14.1. The van der Waals surface area contributed by atoms with Gasteiger partial charge >= 0.3 is 0 Å². The maximum atomic E-state index is 13.0. The number of amides is 2. The summed E-state index contributed by atoms with van der Waals surface area (Å²) in [5.41, 5.74) is 4.41. The quantitative estimate of drug-likeness (QED) is 0.807. The van der Waals surface area contributed by atoms with Crippen LogP contribution < -0.4 is 10.5 Å². The lowest BCUT2D eigenvalue weighted by Gasteiger charge is -2.42. The summed E-state index contributed by atoms with van der Waals surface area (Å²) in [6.45, 7) is 1.16. The third kappa shape index (κ3) is 4.92. The third-order valence-electron chi connectivity index (χ3n) is 4.57. The van der Waals surface area contributed by atoms with E-state index in [1.807, 2.05) is 0 Å². The molecule has 1 aromatic rings. The minimum absolute atomic E-state index is 0.0403. The van der Waals surface area contributed by atoms with Gasteiger partial charge in [-0.05, 0) is 43.0 Å². The first kappa shape index (κ1) is 17.7. The summed E-state index contributed by atoms with van der Waals surface area (Å²) in [4.78, 5) is 25.7. The van der Waals surface area contributed by atoms with E-state index in [0.717, 1.165) is 12.8 Å². The molecule has 0 radical (unpaired) electrons. The average molecular weight is 350 g/mol. The van der Waals surface area contributed by atoms with Gasteiger partial charge < -0.3 is 20.1 Å². The first-order valence-electron chi connectivity index (χ1n) is 8.54. The Morgan fingerprint density at radius 2 is 2.04 bits per heavy atom. The van der Waals surface area contributed by atoms with Crippen molar-refractivity contribution in [3.63, 3.8) is 0 Å². The second-order valence-electron chi connectivity index (χ2n) is 6.88. The van der Waals surface area contributed by atoms with Crippen LogP contribution in [0.25, 0.3) is 0 Å². The van der Waals surface area contributed by atoms with E-state index in [2.05, 4.69) is 0 Å². The zero-order chi connectivity index (χ0) is 17.9. The Morgan fingerprint density at radius 1 is 1.32 bits per heavy atom. The number of carbonyl (C=O) groups is 2. The number of halogens is 1. The lowest BCUT2D eigenvalue weighted by molar-refractivity contribution is -0.162. The molecule has 7 heteroatoms. The van der Waals surface area contributed by atoms with E-state index < -0.39 is 11.5 Å². The van der Waals surface area contributed by atoms with E-state index in [0.29, 0.717) is 31.2 Å². The van der Waals surface area contributed by atoms with Crippen molar-refractivity contribution < 1.29 is 23.5 Å². The summed E-state index contributed by atoms with van der Waals surface area (Å²) >= 11 is 0. The number of nitrogens with two attached hydrogens (primary N) is 1. The molecule has 25 heavy (non-hydrogen) atoms. The lowest BCUT2D eigenvalue weighted by atomic mass is 9.97. The van der Waals surface area contributed by atoms with Crippen LogP contribution in [-0.4, -0.2) is 48.6 Å². The minimum Gasteiger partial charge on any atom is -0.490 e. The van der Waals surface area contributed by atoms with Crippen LogP contribution in [0.5, 0.6) is 5.75 Å². The van der Waals surface area contributed by atoms with Gasteiger partial charge in [0.25, 0.3) is 0 Å². The summed E-state index contributed by atoms with van der Waals surface area (Å²) in [7, 11) is 0. The molecule has 2 N–H and O–H groups in total. The molecule has 6 nitrogen and oxygen atoms in total. The summed E-state index contributed by atoms with van der Waals surface area (Å²) < 4.78 is 24.5. The number of carbonyl (C=O) groups excluding carboxylic acids is 2. The molecule has 2 aliphatic rings. The fraction of sp³-hybridized carbons (Fsp3) is 0.556. The highest BCUT2D eigenvalue weighted by molar-refractivity contribution is 5.78. The molecule has 3 rings (SSSR count). The molecule has 1 aliphatic heterocycles. The maximum absolute atomic E-state index is 13.0. The van der Waals surface area contributed by atoms with Crippen molar-refractivity contribution in [3.8, 4) is 5.75 Å². The number of ether oxygens (including phenoxy) is 2. The molecular formula is C18H23FN2O4. The topological polar surface area (TPSA) is 81.9 Å². The van der Waals surface area contributed by atoms with Crippen LogP contribution in [0.15, 0.2) is 24.3 Å². The Labute approximate surface area is 146 Å². The van der Waals surface area contributed by atoms with Crippen molar-refractivity contribution in [2.24, 2.45) is 11.7 Å². The fourth-order valence-electron chi connectivity index (χ4n) is 3.06. The monoisotopic (exact) mass is 350 g/mol. The third-order valence-corrected chi connectivity index (χ3v) is 4.57. The molecule has 1 aromatic carbocycles. The standard InChI is InChI=1S/C18H23FN2O4/c19-14-3-5-15(6-4-14)24-12-18(10-16(20)22)11-21(7-8-25-18)17(23)9-13-1-2-13/h3-6,13H,1-2,7-12H2,(H2,20,22)/t18-/m0/s1. The van der Waals surface area contributed by atoms with E-state index in [-0.39, 0.29) is 31.3 Å². The van der Waals surface area contributed by atoms with Crippen molar-refractivity contribution in [2.45, 2.75) is 31.3 Å². The highest BCUT2D eigenvalue weighted by Crippen LogP contribution is 2.33. The van der Waals surface area contributed by atoms with Gasteiger partial charge in [0.2, 0.25) is 11.8 Å². The van der Waals surface area contributed by atoms with Gasteiger partial charge in [0.15, 0.2) is 0 Å². The number of hydrogen-bond donors (Lipinski definition) is 1. The minimum atomic E-state index is -0.975. The van der Waals surface area contributed by atoms with Crippen LogP contribution in [0, 0.1) is 11.7 Å². The molecule has 136 valence electrons. The molecule has 1 saturated heterocycles. The predicted molar refractivity (Wildman–Crippen MR) is 88.3 cm³/mol. The molecule has 1 saturated carbocycles. The Hall–Kier alpha value is -2.15. The normalized spacial score (nSPS) is 23.3. The van der Waals surface area contributed by atoms with Gasteiger partial charge in [-0.15, -0.1) is 0 Å². The number of hydrogen-bond acceptors (Lipinski definition) is 4. The van der Waals surface area contributed by atoms with Crippen molar-refractivity contribution in [1.82, 2.24) is 4.90 Å². The lowest BCUT2D eigenvalue weighted by Crippen LogP contribution is -2.58. The van der Waals surface area contributed by atoms with Gasteiger partial charge in [0.05, 0.1) is 19.6 Å². The Bertz CT molecular complexity index is 632. The number of nitrogens with zero attached hydrogens (tertiary/aromatic N) is 1.